The minimum Gasteiger partial charge on any atom is -0.360 e. The molecule has 1 saturated heterocycles. The minimum atomic E-state index is -0.505. The summed E-state index contributed by atoms with van der Waals surface area (Å²) in [5.41, 5.74) is 2.60. The first-order valence-corrected chi connectivity index (χ1v) is 10.8. The highest BCUT2D eigenvalue weighted by Crippen LogP contribution is 2.20. The third-order valence-electron chi connectivity index (χ3n) is 5.79. The topological polar surface area (TPSA) is 61.4 Å². The second-order valence-electron chi connectivity index (χ2n) is 7.96. The van der Waals surface area contributed by atoms with Crippen molar-refractivity contribution in [3.05, 3.63) is 65.7 Å². The molecule has 1 aliphatic rings. The third kappa shape index (κ3) is 6.26. The van der Waals surface area contributed by atoms with Crippen molar-refractivity contribution in [3.8, 4) is 0 Å². The molecule has 31 heavy (non-hydrogen) atoms. The van der Waals surface area contributed by atoms with Crippen LogP contribution in [0.5, 0.6) is 0 Å². The van der Waals surface area contributed by atoms with Crippen LogP contribution in [0.25, 0.3) is 0 Å². The summed E-state index contributed by atoms with van der Waals surface area (Å²) >= 11 is 0. The van der Waals surface area contributed by atoms with Gasteiger partial charge in [-0.3, -0.25) is 14.5 Å². The highest BCUT2D eigenvalue weighted by Gasteiger charge is 2.27. The van der Waals surface area contributed by atoms with E-state index in [4.69, 9.17) is 15.6 Å². The van der Waals surface area contributed by atoms with Crippen LogP contribution in [0.1, 0.15) is 41.6 Å². The molecule has 155 valence electrons. The predicted molar refractivity (Wildman–Crippen MR) is 127 cm³/mol. The number of likely N-dealkylation sites (tertiary alicyclic amines) is 1. The van der Waals surface area contributed by atoms with Crippen molar-refractivity contribution in [2.75, 3.05) is 19.6 Å². The van der Waals surface area contributed by atoms with E-state index in [9.17, 15) is 9.59 Å². The lowest BCUT2D eigenvalue weighted by Crippen LogP contribution is -2.46. The van der Waals surface area contributed by atoms with Crippen molar-refractivity contribution in [1.29, 1.82) is 0 Å². The van der Waals surface area contributed by atoms with Crippen molar-refractivity contribution < 1.29 is 9.59 Å². The number of carbonyl (C=O) groups excluding carboxylic acids is 2. The standard InChI is InChI=1S/C23H27B3N3O2/c1-2-18(19-10-6-7-11-20(19)26-25)22(24)28-21(30)15-29-13-12-17(14-29)27-23(31)16-8-4-3-5-9-16/h3-11,17-18,22H,2,12-15H2,1H3,(H,27,31)(H,28,30). The van der Waals surface area contributed by atoms with E-state index in [1.807, 2.05) is 54.3 Å². The molecule has 5 radical (unpaired) electrons. The highest BCUT2D eigenvalue weighted by atomic mass is 16.2. The fourth-order valence-corrected chi connectivity index (χ4v) is 4.16. The smallest absolute Gasteiger partial charge is 0.251 e. The number of benzene rings is 2. The highest BCUT2D eigenvalue weighted by molar-refractivity contribution is 6.97. The molecule has 2 amide bonds. The van der Waals surface area contributed by atoms with E-state index >= 15 is 0 Å². The van der Waals surface area contributed by atoms with Crippen LogP contribution in [0.2, 0.25) is 0 Å². The largest absolute Gasteiger partial charge is 0.360 e. The van der Waals surface area contributed by atoms with Crippen molar-refractivity contribution in [1.82, 2.24) is 15.5 Å². The minimum absolute atomic E-state index is 0.0311. The summed E-state index contributed by atoms with van der Waals surface area (Å²) in [5, 5.41) is 5.99. The van der Waals surface area contributed by atoms with Gasteiger partial charge in [0.1, 0.15) is 0 Å². The van der Waals surface area contributed by atoms with Gasteiger partial charge in [0.05, 0.1) is 21.6 Å². The lowest BCUT2D eigenvalue weighted by Gasteiger charge is -2.28. The van der Waals surface area contributed by atoms with Gasteiger partial charge in [0.25, 0.3) is 5.91 Å². The zero-order chi connectivity index (χ0) is 22.2. The Morgan fingerprint density at radius 1 is 1.16 bits per heavy atom. The molecule has 2 N–H and O–H groups in total. The SMILES string of the molecule is [B][B]c1ccccc1C(CC)C([B])NC(=O)CN1CCC(NC(=O)c2ccccc2)C1. The van der Waals surface area contributed by atoms with Crippen LogP contribution in [0, 0.1) is 0 Å². The van der Waals surface area contributed by atoms with Gasteiger partial charge >= 0.3 is 0 Å². The molecular formula is C23H27B3N3O2. The van der Waals surface area contributed by atoms with E-state index in [1.165, 1.54) is 0 Å². The summed E-state index contributed by atoms with van der Waals surface area (Å²) in [7, 11) is 13.7. The maximum atomic E-state index is 12.6. The molecule has 1 aliphatic heterocycles. The summed E-state index contributed by atoms with van der Waals surface area (Å²) in [6.45, 7) is 3.70. The summed E-state index contributed by atoms with van der Waals surface area (Å²) in [4.78, 5) is 27.0. The zero-order valence-corrected chi connectivity index (χ0v) is 18.0. The van der Waals surface area contributed by atoms with Gasteiger partial charge in [0.15, 0.2) is 0 Å². The molecule has 0 aliphatic carbocycles. The number of hydrogen-bond acceptors (Lipinski definition) is 3. The van der Waals surface area contributed by atoms with Crippen LogP contribution in [0.4, 0.5) is 0 Å². The Balaban J connectivity index is 1.49. The van der Waals surface area contributed by atoms with Gasteiger partial charge in [-0.05, 0) is 36.8 Å². The van der Waals surface area contributed by atoms with Gasteiger partial charge in [-0.1, -0.05) is 60.4 Å². The normalized spacial score (nSPS) is 18.2. The van der Waals surface area contributed by atoms with Crippen LogP contribution < -0.4 is 16.1 Å². The Labute approximate surface area is 188 Å². The maximum Gasteiger partial charge on any atom is 0.251 e. The lowest BCUT2D eigenvalue weighted by molar-refractivity contribution is -0.122. The van der Waals surface area contributed by atoms with Crippen LogP contribution in [-0.4, -0.2) is 71.1 Å². The van der Waals surface area contributed by atoms with E-state index in [0.717, 1.165) is 30.4 Å². The quantitative estimate of drug-likeness (QED) is 0.600. The number of amides is 2. The molecule has 1 heterocycles. The number of carbonyl (C=O) groups is 2. The average molecular weight is 410 g/mol. The predicted octanol–water partition coefficient (Wildman–Crippen LogP) is 0.708. The van der Waals surface area contributed by atoms with Gasteiger partial charge in [-0.2, -0.15) is 0 Å². The zero-order valence-electron chi connectivity index (χ0n) is 18.0. The molecule has 3 atom stereocenters. The van der Waals surface area contributed by atoms with Gasteiger partial charge in [0.2, 0.25) is 5.91 Å². The first-order chi connectivity index (χ1) is 15.0. The summed E-state index contributed by atoms with van der Waals surface area (Å²) < 4.78 is 0. The molecule has 0 aromatic heterocycles. The summed E-state index contributed by atoms with van der Waals surface area (Å²) in [6.07, 6.45) is 1.60. The molecule has 2 aromatic rings. The van der Waals surface area contributed by atoms with E-state index in [2.05, 4.69) is 10.6 Å². The number of rotatable bonds is 9. The molecule has 0 spiro atoms. The molecule has 8 heteroatoms. The van der Waals surface area contributed by atoms with Gasteiger partial charge in [-0.15, -0.1) is 0 Å². The molecule has 0 bridgehead atoms. The molecule has 5 nitrogen and oxygen atoms in total. The van der Waals surface area contributed by atoms with Crippen LogP contribution in [-0.2, 0) is 4.79 Å². The Morgan fingerprint density at radius 3 is 2.58 bits per heavy atom. The van der Waals surface area contributed by atoms with E-state index in [-0.39, 0.29) is 30.3 Å². The van der Waals surface area contributed by atoms with Crippen molar-refractivity contribution in [2.24, 2.45) is 0 Å². The lowest BCUT2D eigenvalue weighted by atomic mass is 9.49. The van der Waals surface area contributed by atoms with Gasteiger partial charge in [0, 0.05) is 32.4 Å². The molecular weight excluding hydrogens is 383 g/mol. The number of nitrogens with zero attached hydrogens (tertiary/aromatic N) is 1. The Morgan fingerprint density at radius 2 is 1.87 bits per heavy atom. The summed E-state index contributed by atoms with van der Waals surface area (Å²) in [6, 6.07) is 17.0. The van der Waals surface area contributed by atoms with Gasteiger partial charge in [-0.25, -0.2) is 0 Å². The average Bonchev–Trinajstić information content (AvgIpc) is 3.21. The molecule has 3 rings (SSSR count). The number of hydrogen-bond donors (Lipinski definition) is 2. The van der Waals surface area contributed by atoms with E-state index < -0.39 is 5.94 Å². The second kappa shape index (κ2) is 11.2. The molecule has 0 saturated carbocycles. The Hall–Kier alpha value is -2.47. The van der Waals surface area contributed by atoms with Crippen LogP contribution in [0.3, 0.4) is 0 Å². The van der Waals surface area contributed by atoms with Crippen molar-refractivity contribution >= 4 is 40.0 Å². The Kier molecular flexibility index (Phi) is 8.41. The fraction of sp³-hybridized carbons (Fsp3) is 0.391. The summed E-state index contributed by atoms with van der Waals surface area (Å²) in [5.74, 6) is -0.735. The maximum absolute atomic E-state index is 12.6. The van der Waals surface area contributed by atoms with E-state index in [1.54, 1.807) is 19.3 Å². The molecule has 3 unspecified atom stereocenters. The van der Waals surface area contributed by atoms with Crippen molar-refractivity contribution in [2.45, 2.75) is 37.7 Å². The third-order valence-corrected chi connectivity index (χ3v) is 5.79. The fourth-order valence-electron chi connectivity index (χ4n) is 4.16. The molecule has 2 aromatic carbocycles. The van der Waals surface area contributed by atoms with Gasteiger partial charge < -0.3 is 10.6 Å². The second-order valence-corrected chi connectivity index (χ2v) is 7.96. The number of nitrogens with one attached hydrogen (secondary N) is 2. The first kappa shape index (κ1) is 23.2. The van der Waals surface area contributed by atoms with Crippen LogP contribution in [0.15, 0.2) is 54.6 Å². The first-order valence-electron chi connectivity index (χ1n) is 10.8. The monoisotopic (exact) mass is 410 g/mol. The van der Waals surface area contributed by atoms with E-state index in [0.29, 0.717) is 12.1 Å². The Bertz CT molecular complexity index is 881. The molecule has 1 fully saturated rings. The van der Waals surface area contributed by atoms with Crippen molar-refractivity contribution in [3.63, 3.8) is 0 Å². The van der Waals surface area contributed by atoms with Crippen LogP contribution >= 0.6 is 0 Å².